The van der Waals surface area contributed by atoms with Gasteiger partial charge in [-0.1, -0.05) is 75.0 Å². The van der Waals surface area contributed by atoms with E-state index in [0.717, 1.165) is 28.8 Å². The molecule has 1 aromatic heterocycles. The van der Waals surface area contributed by atoms with E-state index in [9.17, 15) is 4.79 Å². The Balaban J connectivity index is 1.81. The molecule has 1 heterocycles. The summed E-state index contributed by atoms with van der Waals surface area (Å²) in [5.41, 5.74) is 3.97. The van der Waals surface area contributed by atoms with Gasteiger partial charge in [0.05, 0.1) is 5.69 Å². The zero-order chi connectivity index (χ0) is 24.0. The SMILES string of the molecule is CCN(C)C(=O)c1cccc(CSc2nc(N(C)Cc3ccccc3)cc(C(C)(C)C)n2)c1. The molecule has 0 bridgehead atoms. The summed E-state index contributed by atoms with van der Waals surface area (Å²) in [6.07, 6.45) is 0. The average Bonchev–Trinajstić information content (AvgIpc) is 2.81. The first-order chi connectivity index (χ1) is 15.7. The summed E-state index contributed by atoms with van der Waals surface area (Å²) in [4.78, 5) is 26.1. The highest BCUT2D eigenvalue weighted by molar-refractivity contribution is 7.98. The Morgan fingerprint density at radius 2 is 1.64 bits per heavy atom. The molecule has 0 spiro atoms. The topological polar surface area (TPSA) is 49.3 Å². The molecule has 0 fully saturated rings. The van der Waals surface area contributed by atoms with Gasteiger partial charge in [0, 0.05) is 50.0 Å². The monoisotopic (exact) mass is 462 g/mol. The summed E-state index contributed by atoms with van der Waals surface area (Å²) in [5, 5.41) is 0.750. The van der Waals surface area contributed by atoms with Gasteiger partial charge in [0.15, 0.2) is 5.16 Å². The summed E-state index contributed by atoms with van der Waals surface area (Å²) in [7, 11) is 3.89. The third kappa shape index (κ3) is 6.81. The van der Waals surface area contributed by atoms with Crippen molar-refractivity contribution in [2.24, 2.45) is 0 Å². The molecule has 0 radical (unpaired) electrons. The van der Waals surface area contributed by atoms with Crippen LogP contribution in [-0.2, 0) is 17.7 Å². The molecule has 2 aromatic carbocycles. The molecule has 0 N–H and O–H groups in total. The van der Waals surface area contributed by atoms with Crippen LogP contribution in [0.15, 0.2) is 65.8 Å². The van der Waals surface area contributed by atoms with E-state index in [2.05, 4.69) is 63.1 Å². The van der Waals surface area contributed by atoms with E-state index in [4.69, 9.17) is 9.97 Å². The Hall–Kier alpha value is -2.86. The normalized spacial score (nSPS) is 11.3. The molecule has 174 valence electrons. The van der Waals surface area contributed by atoms with E-state index in [1.807, 2.05) is 44.3 Å². The second-order valence-corrected chi connectivity index (χ2v) is 10.2. The first-order valence-corrected chi connectivity index (χ1v) is 12.3. The second kappa shape index (κ2) is 10.8. The lowest BCUT2D eigenvalue weighted by Gasteiger charge is -2.23. The zero-order valence-electron chi connectivity index (χ0n) is 20.5. The van der Waals surface area contributed by atoms with Gasteiger partial charge in [0.2, 0.25) is 0 Å². The molecule has 1 amide bonds. The molecule has 0 atom stereocenters. The average molecular weight is 463 g/mol. The first kappa shape index (κ1) is 24.8. The van der Waals surface area contributed by atoms with Gasteiger partial charge in [-0.2, -0.15) is 0 Å². The number of rotatable bonds is 8. The molecular weight excluding hydrogens is 428 g/mol. The lowest BCUT2D eigenvalue weighted by atomic mass is 9.92. The van der Waals surface area contributed by atoms with Crippen LogP contribution >= 0.6 is 11.8 Å². The molecule has 0 saturated heterocycles. The molecule has 0 unspecified atom stereocenters. The maximum Gasteiger partial charge on any atom is 0.253 e. The second-order valence-electron chi connectivity index (χ2n) is 9.29. The van der Waals surface area contributed by atoms with Crippen molar-refractivity contribution < 1.29 is 4.79 Å². The quantitative estimate of drug-likeness (QED) is 0.313. The van der Waals surface area contributed by atoms with E-state index in [0.29, 0.717) is 17.9 Å². The van der Waals surface area contributed by atoms with Crippen LogP contribution in [0.5, 0.6) is 0 Å². The number of amides is 1. The van der Waals surface area contributed by atoms with Gasteiger partial charge in [0.25, 0.3) is 5.91 Å². The van der Waals surface area contributed by atoms with Gasteiger partial charge < -0.3 is 9.80 Å². The number of thioether (sulfide) groups is 1. The van der Waals surface area contributed by atoms with Crippen LogP contribution in [0.2, 0.25) is 0 Å². The predicted octanol–water partition coefficient (Wildman–Crippen LogP) is 5.79. The third-order valence-corrected chi connectivity index (χ3v) is 6.40. The fraction of sp³-hybridized carbons (Fsp3) is 0.370. The summed E-state index contributed by atoms with van der Waals surface area (Å²) < 4.78 is 0. The summed E-state index contributed by atoms with van der Waals surface area (Å²) in [6, 6.07) is 20.3. The van der Waals surface area contributed by atoms with Gasteiger partial charge >= 0.3 is 0 Å². The predicted molar refractivity (Wildman–Crippen MR) is 138 cm³/mol. The molecule has 0 aliphatic rings. The molecule has 3 aromatic rings. The van der Waals surface area contributed by atoms with Gasteiger partial charge in [0.1, 0.15) is 5.82 Å². The summed E-state index contributed by atoms with van der Waals surface area (Å²) in [6.45, 7) is 9.95. The maximum atomic E-state index is 12.5. The van der Waals surface area contributed by atoms with Crippen LogP contribution in [0.3, 0.4) is 0 Å². The highest BCUT2D eigenvalue weighted by Gasteiger charge is 2.20. The van der Waals surface area contributed by atoms with Crippen molar-refractivity contribution in [3.05, 3.63) is 83.0 Å². The van der Waals surface area contributed by atoms with Gasteiger partial charge in [-0.25, -0.2) is 9.97 Å². The number of anilines is 1. The smallest absolute Gasteiger partial charge is 0.253 e. The molecule has 3 rings (SSSR count). The van der Waals surface area contributed by atoms with Gasteiger partial charge in [-0.05, 0) is 30.2 Å². The highest BCUT2D eigenvalue weighted by atomic mass is 32.2. The fourth-order valence-corrected chi connectivity index (χ4v) is 4.10. The lowest BCUT2D eigenvalue weighted by molar-refractivity contribution is 0.0802. The summed E-state index contributed by atoms with van der Waals surface area (Å²) >= 11 is 1.60. The Kier molecular flexibility index (Phi) is 8.14. The first-order valence-electron chi connectivity index (χ1n) is 11.3. The Morgan fingerprint density at radius 1 is 0.939 bits per heavy atom. The van der Waals surface area contributed by atoms with Crippen LogP contribution in [-0.4, -0.2) is 41.4 Å². The van der Waals surface area contributed by atoms with Crippen molar-refractivity contribution in [1.29, 1.82) is 0 Å². The van der Waals surface area contributed by atoms with Crippen molar-refractivity contribution in [3.63, 3.8) is 0 Å². The molecule has 0 aliphatic heterocycles. The number of aromatic nitrogens is 2. The Labute approximate surface area is 202 Å². The minimum absolute atomic E-state index is 0.0418. The van der Waals surface area contributed by atoms with Crippen molar-refractivity contribution in [2.75, 3.05) is 25.5 Å². The number of carbonyl (C=O) groups excluding carboxylic acids is 1. The van der Waals surface area contributed by atoms with Crippen LogP contribution in [0.25, 0.3) is 0 Å². The molecule has 0 aliphatic carbocycles. The van der Waals surface area contributed by atoms with Crippen LogP contribution < -0.4 is 4.90 Å². The van der Waals surface area contributed by atoms with E-state index < -0.39 is 0 Å². The van der Waals surface area contributed by atoms with Crippen molar-refractivity contribution in [1.82, 2.24) is 14.9 Å². The summed E-state index contributed by atoms with van der Waals surface area (Å²) in [5.74, 6) is 1.65. The van der Waals surface area contributed by atoms with Crippen LogP contribution in [0.1, 0.15) is 54.9 Å². The number of carbonyl (C=O) groups is 1. The highest BCUT2D eigenvalue weighted by Crippen LogP contribution is 2.28. The van der Waals surface area contributed by atoms with Crippen LogP contribution in [0, 0.1) is 0 Å². The maximum absolute atomic E-state index is 12.5. The minimum Gasteiger partial charge on any atom is -0.355 e. The molecular formula is C27H34N4OS. The lowest BCUT2D eigenvalue weighted by Crippen LogP contribution is -2.26. The number of hydrogen-bond donors (Lipinski definition) is 0. The number of hydrogen-bond acceptors (Lipinski definition) is 5. The fourth-order valence-electron chi connectivity index (χ4n) is 3.30. The van der Waals surface area contributed by atoms with Crippen molar-refractivity contribution >= 4 is 23.5 Å². The standard InChI is InChI=1S/C27H34N4OS/c1-7-30(5)25(32)22-15-11-14-21(16-22)19-33-26-28-23(27(2,3)4)17-24(29-26)31(6)18-20-12-9-8-10-13-20/h8-17H,7,18-19H2,1-6H3. The largest absolute Gasteiger partial charge is 0.355 e. The zero-order valence-corrected chi connectivity index (χ0v) is 21.3. The third-order valence-electron chi connectivity index (χ3n) is 5.48. The van der Waals surface area contributed by atoms with E-state index in [1.54, 1.807) is 16.7 Å². The molecule has 6 heteroatoms. The Bertz CT molecular complexity index is 1080. The molecule has 0 saturated carbocycles. The number of nitrogens with zero attached hydrogens (tertiary/aromatic N) is 4. The van der Waals surface area contributed by atoms with Crippen LogP contribution in [0.4, 0.5) is 5.82 Å². The van der Waals surface area contributed by atoms with Gasteiger partial charge in [-0.3, -0.25) is 4.79 Å². The Morgan fingerprint density at radius 3 is 2.30 bits per heavy atom. The minimum atomic E-state index is -0.0857. The van der Waals surface area contributed by atoms with E-state index in [-0.39, 0.29) is 11.3 Å². The van der Waals surface area contributed by atoms with Crippen molar-refractivity contribution in [2.45, 2.75) is 50.6 Å². The molecule has 5 nitrogen and oxygen atoms in total. The van der Waals surface area contributed by atoms with Crippen molar-refractivity contribution in [3.8, 4) is 0 Å². The van der Waals surface area contributed by atoms with Gasteiger partial charge in [-0.15, -0.1) is 0 Å². The van der Waals surface area contributed by atoms with E-state index >= 15 is 0 Å². The van der Waals surface area contributed by atoms with E-state index in [1.165, 1.54) is 5.56 Å². The molecule has 33 heavy (non-hydrogen) atoms. The number of benzene rings is 2.